The van der Waals surface area contributed by atoms with Gasteiger partial charge >= 0.3 is 5.97 Å². The summed E-state index contributed by atoms with van der Waals surface area (Å²) in [5.74, 6) is -0.725. The molecule has 0 bridgehead atoms. The van der Waals surface area contributed by atoms with Crippen LogP contribution in [0.1, 0.15) is 59.3 Å². The van der Waals surface area contributed by atoms with Crippen LogP contribution in [0.15, 0.2) is 0 Å². The summed E-state index contributed by atoms with van der Waals surface area (Å²) in [5.41, 5.74) is -0.660. The Morgan fingerprint density at radius 2 is 2.05 bits per heavy atom. The predicted molar refractivity (Wildman–Crippen MR) is 83.2 cm³/mol. The van der Waals surface area contributed by atoms with E-state index in [1.54, 1.807) is 0 Å². The normalized spacial score (nSPS) is 24.0. The second-order valence-electron chi connectivity index (χ2n) is 6.36. The van der Waals surface area contributed by atoms with E-state index in [4.69, 9.17) is 0 Å². The number of unbranched alkanes of at least 4 members (excludes halogenated alkanes) is 2. The Morgan fingerprint density at radius 1 is 1.33 bits per heavy atom. The first kappa shape index (κ1) is 18.0. The number of likely N-dealkylation sites (tertiary alicyclic amines) is 1. The Kier molecular flexibility index (Phi) is 7.15. The fourth-order valence-electron chi connectivity index (χ4n) is 3.00. The smallest absolute Gasteiger partial charge is 0.310 e. The topological polar surface area (TPSA) is 69.6 Å². The molecular weight excluding hydrogens is 268 g/mol. The number of hydrogen-bond acceptors (Lipinski definition) is 3. The zero-order valence-corrected chi connectivity index (χ0v) is 13.7. The van der Waals surface area contributed by atoms with Crippen molar-refractivity contribution < 1.29 is 14.7 Å². The number of nitrogens with zero attached hydrogens (tertiary/aromatic N) is 1. The molecule has 2 unspecified atom stereocenters. The summed E-state index contributed by atoms with van der Waals surface area (Å²) in [6.07, 6.45) is 5.78. The molecule has 1 aliphatic rings. The lowest BCUT2D eigenvalue weighted by molar-refractivity contribution is -0.148. The Balaban J connectivity index is 2.34. The van der Waals surface area contributed by atoms with Crippen LogP contribution in [0.2, 0.25) is 0 Å². The lowest BCUT2D eigenvalue weighted by Gasteiger charge is -2.23. The summed E-state index contributed by atoms with van der Waals surface area (Å²) in [6, 6.07) is 0.196. The number of carboxylic acids is 1. The zero-order chi connectivity index (χ0) is 15.9. The maximum Gasteiger partial charge on any atom is 0.310 e. The van der Waals surface area contributed by atoms with Crippen molar-refractivity contribution in [3.63, 3.8) is 0 Å². The predicted octanol–water partition coefficient (Wildman–Crippen LogP) is 2.26. The van der Waals surface area contributed by atoms with Crippen molar-refractivity contribution in [1.29, 1.82) is 0 Å². The third kappa shape index (κ3) is 5.30. The Bertz CT molecular complexity index is 359. The summed E-state index contributed by atoms with van der Waals surface area (Å²) < 4.78 is 0. The van der Waals surface area contributed by atoms with Crippen molar-refractivity contribution in [3.8, 4) is 0 Å². The maximum absolute atomic E-state index is 12.0. The van der Waals surface area contributed by atoms with E-state index in [-0.39, 0.29) is 11.9 Å². The van der Waals surface area contributed by atoms with Crippen LogP contribution in [0.25, 0.3) is 0 Å². The highest BCUT2D eigenvalue weighted by Gasteiger charge is 2.43. The fourth-order valence-corrected chi connectivity index (χ4v) is 3.00. The maximum atomic E-state index is 12.0. The van der Waals surface area contributed by atoms with Crippen molar-refractivity contribution in [2.24, 2.45) is 5.41 Å². The number of aliphatic carboxylic acids is 1. The number of carbonyl (C=O) groups excluding carboxylic acids is 1. The summed E-state index contributed by atoms with van der Waals surface area (Å²) in [4.78, 5) is 25.4. The zero-order valence-electron chi connectivity index (χ0n) is 13.7. The highest BCUT2D eigenvalue weighted by Crippen LogP contribution is 2.33. The minimum absolute atomic E-state index is 0.0105. The van der Waals surface area contributed by atoms with Crippen LogP contribution in [-0.2, 0) is 9.59 Å². The molecule has 1 amide bonds. The van der Waals surface area contributed by atoms with Crippen LogP contribution < -0.4 is 5.32 Å². The molecular formula is C16H30N2O3. The molecule has 122 valence electrons. The second kappa shape index (κ2) is 8.37. The van der Waals surface area contributed by atoms with Crippen molar-refractivity contribution >= 4 is 11.9 Å². The molecule has 2 atom stereocenters. The molecule has 21 heavy (non-hydrogen) atoms. The van der Waals surface area contributed by atoms with Gasteiger partial charge in [-0.05, 0) is 32.7 Å². The largest absolute Gasteiger partial charge is 0.481 e. The van der Waals surface area contributed by atoms with E-state index in [0.717, 1.165) is 12.8 Å². The lowest BCUT2D eigenvalue weighted by Crippen LogP contribution is -2.42. The summed E-state index contributed by atoms with van der Waals surface area (Å²) >= 11 is 0. The van der Waals surface area contributed by atoms with Crippen molar-refractivity contribution in [2.75, 3.05) is 19.6 Å². The quantitative estimate of drug-likeness (QED) is 0.641. The van der Waals surface area contributed by atoms with Gasteiger partial charge in [-0.15, -0.1) is 0 Å². The molecule has 0 aromatic heterocycles. The Morgan fingerprint density at radius 3 is 2.57 bits per heavy atom. The van der Waals surface area contributed by atoms with Crippen molar-refractivity contribution in [3.05, 3.63) is 0 Å². The highest BCUT2D eigenvalue weighted by atomic mass is 16.4. The van der Waals surface area contributed by atoms with E-state index >= 15 is 0 Å². The molecule has 5 heteroatoms. The van der Waals surface area contributed by atoms with E-state index < -0.39 is 11.4 Å². The van der Waals surface area contributed by atoms with Gasteiger partial charge in [0.05, 0.1) is 12.0 Å². The second-order valence-corrected chi connectivity index (χ2v) is 6.36. The third-order valence-electron chi connectivity index (χ3n) is 4.58. The molecule has 0 saturated carbocycles. The van der Waals surface area contributed by atoms with Gasteiger partial charge in [-0.1, -0.05) is 33.1 Å². The van der Waals surface area contributed by atoms with Crippen LogP contribution >= 0.6 is 0 Å². The number of hydrogen-bond donors (Lipinski definition) is 2. The number of carboxylic acid groups (broad SMARTS) is 1. The molecule has 5 nitrogen and oxygen atoms in total. The molecule has 2 N–H and O–H groups in total. The SMILES string of the molecule is CCCCCC(C)NC(=O)CN1CCC(CC)(C(=O)O)C1. The van der Waals surface area contributed by atoms with Gasteiger partial charge in [0.25, 0.3) is 0 Å². The molecule has 1 fully saturated rings. The first-order valence-corrected chi connectivity index (χ1v) is 8.18. The average molecular weight is 298 g/mol. The molecule has 1 saturated heterocycles. The fraction of sp³-hybridized carbons (Fsp3) is 0.875. The van der Waals surface area contributed by atoms with E-state index in [1.165, 1.54) is 12.8 Å². The molecule has 0 aromatic rings. The Labute approximate surface area is 128 Å². The third-order valence-corrected chi connectivity index (χ3v) is 4.58. The average Bonchev–Trinajstić information content (AvgIpc) is 2.83. The first-order valence-electron chi connectivity index (χ1n) is 8.18. The number of carbonyl (C=O) groups is 2. The first-order chi connectivity index (χ1) is 9.93. The Hall–Kier alpha value is -1.10. The number of nitrogens with one attached hydrogen (secondary N) is 1. The molecule has 0 spiro atoms. The standard InChI is InChI=1S/C16H30N2O3/c1-4-6-7-8-13(3)17-14(19)11-18-10-9-16(5-2,12-18)15(20)21/h13H,4-12H2,1-3H3,(H,17,19)(H,20,21). The van der Waals surface area contributed by atoms with Crippen molar-refractivity contribution in [2.45, 2.75) is 65.3 Å². The van der Waals surface area contributed by atoms with Gasteiger partial charge in [-0.25, -0.2) is 0 Å². The monoisotopic (exact) mass is 298 g/mol. The molecule has 1 rings (SSSR count). The van der Waals surface area contributed by atoms with E-state index in [9.17, 15) is 14.7 Å². The van der Waals surface area contributed by atoms with E-state index in [1.807, 2.05) is 18.7 Å². The summed E-state index contributed by atoms with van der Waals surface area (Å²) in [5, 5.41) is 12.4. The van der Waals surface area contributed by atoms with Crippen LogP contribution in [0.4, 0.5) is 0 Å². The number of amides is 1. The van der Waals surface area contributed by atoms with Gasteiger partial charge in [0, 0.05) is 12.6 Å². The minimum Gasteiger partial charge on any atom is -0.481 e. The highest BCUT2D eigenvalue weighted by molar-refractivity contribution is 5.79. The molecule has 1 heterocycles. The van der Waals surface area contributed by atoms with Gasteiger partial charge < -0.3 is 10.4 Å². The summed E-state index contributed by atoms with van der Waals surface area (Å²) in [6.45, 7) is 7.60. The van der Waals surface area contributed by atoms with Gasteiger partial charge in [-0.2, -0.15) is 0 Å². The van der Waals surface area contributed by atoms with Crippen LogP contribution in [0.5, 0.6) is 0 Å². The van der Waals surface area contributed by atoms with Gasteiger partial charge in [0.2, 0.25) is 5.91 Å². The summed E-state index contributed by atoms with van der Waals surface area (Å²) in [7, 11) is 0. The number of rotatable bonds is 9. The molecule has 0 aromatic carbocycles. The van der Waals surface area contributed by atoms with Crippen LogP contribution in [0, 0.1) is 5.41 Å². The van der Waals surface area contributed by atoms with Crippen LogP contribution in [0.3, 0.4) is 0 Å². The lowest BCUT2D eigenvalue weighted by atomic mass is 9.84. The van der Waals surface area contributed by atoms with E-state index in [0.29, 0.717) is 32.5 Å². The minimum atomic E-state index is -0.735. The van der Waals surface area contributed by atoms with Gasteiger partial charge in [0.1, 0.15) is 0 Å². The van der Waals surface area contributed by atoms with Crippen molar-refractivity contribution in [1.82, 2.24) is 10.2 Å². The molecule has 0 radical (unpaired) electrons. The van der Waals surface area contributed by atoms with E-state index in [2.05, 4.69) is 12.2 Å². The van der Waals surface area contributed by atoms with Gasteiger partial charge in [0.15, 0.2) is 0 Å². The molecule has 1 aliphatic heterocycles. The molecule has 0 aliphatic carbocycles. The van der Waals surface area contributed by atoms with Crippen LogP contribution in [-0.4, -0.2) is 47.6 Å². The van der Waals surface area contributed by atoms with Gasteiger partial charge in [-0.3, -0.25) is 14.5 Å².